The van der Waals surface area contributed by atoms with Crippen LogP contribution in [-0.2, 0) is 4.79 Å². The molecule has 1 aliphatic carbocycles. The number of urea groups is 1. The molecule has 27 heavy (non-hydrogen) atoms. The van der Waals surface area contributed by atoms with Gasteiger partial charge in [0, 0.05) is 44.7 Å². The smallest absolute Gasteiger partial charge is 0.321 e. The van der Waals surface area contributed by atoms with Crippen LogP contribution in [-0.4, -0.2) is 62.5 Å². The molecule has 3 heterocycles. The average molecular weight is 370 g/mol. The van der Waals surface area contributed by atoms with Crippen LogP contribution in [0.1, 0.15) is 37.9 Å². The molecule has 2 aliphatic rings. The molecular formula is C19H26N6O2. The number of pyridine rings is 1. The van der Waals surface area contributed by atoms with E-state index in [0.29, 0.717) is 36.2 Å². The number of aryl methyl sites for hydroxylation is 1. The number of rotatable bonds is 4. The lowest BCUT2D eigenvalue weighted by Crippen LogP contribution is -2.38. The van der Waals surface area contributed by atoms with E-state index in [-0.39, 0.29) is 17.9 Å². The second-order valence-electron chi connectivity index (χ2n) is 7.71. The molecule has 0 unspecified atom stereocenters. The lowest BCUT2D eigenvalue weighted by molar-refractivity contribution is -0.129. The minimum absolute atomic E-state index is 0.194. The first-order valence-electron chi connectivity index (χ1n) is 9.65. The number of nitrogens with zero attached hydrogens (tertiary/aromatic N) is 5. The number of nitrogens with one attached hydrogen (secondary N) is 1. The number of carbonyl (C=O) groups is 2. The Morgan fingerprint density at radius 3 is 2.93 bits per heavy atom. The molecule has 1 N–H and O–H groups in total. The van der Waals surface area contributed by atoms with E-state index in [2.05, 4.69) is 15.4 Å². The zero-order chi connectivity index (χ0) is 19.0. The third-order valence-corrected chi connectivity index (χ3v) is 5.59. The van der Waals surface area contributed by atoms with Gasteiger partial charge in [-0.05, 0) is 31.9 Å². The number of likely N-dealkylation sites (tertiary alicyclic amines) is 1. The molecule has 4 rings (SSSR count). The summed E-state index contributed by atoms with van der Waals surface area (Å²) in [5, 5.41) is 7.18. The Bertz CT molecular complexity index is 857. The van der Waals surface area contributed by atoms with Crippen molar-refractivity contribution in [2.45, 2.75) is 45.1 Å². The fraction of sp³-hybridized carbons (Fsp3) is 0.579. The van der Waals surface area contributed by atoms with Crippen LogP contribution >= 0.6 is 0 Å². The summed E-state index contributed by atoms with van der Waals surface area (Å²) in [5.41, 5.74) is 1.25. The summed E-state index contributed by atoms with van der Waals surface area (Å²) in [4.78, 5) is 33.0. The van der Waals surface area contributed by atoms with Gasteiger partial charge in [-0.25, -0.2) is 14.3 Å². The summed E-state index contributed by atoms with van der Waals surface area (Å²) in [6, 6.07) is 3.85. The van der Waals surface area contributed by atoms with Crippen molar-refractivity contribution in [2.24, 2.45) is 5.92 Å². The molecule has 1 saturated heterocycles. The Hall–Kier alpha value is -2.64. The molecule has 0 radical (unpaired) electrons. The van der Waals surface area contributed by atoms with Gasteiger partial charge in [0.05, 0.1) is 5.69 Å². The third-order valence-electron chi connectivity index (χ3n) is 5.59. The summed E-state index contributed by atoms with van der Waals surface area (Å²) >= 11 is 0. The van der Waals surface area contributed by atoms with Crippen LogP contribution in [0.2, 0.25) is 0 Å². The zero-order valence-electron chi connectivity index (χ0n) is 15.9. The molecule has 3 amide bonds. The lowest BCUT2D eigenvalue weighted by atomic mass is 10.1. The van der Waals surface area contributed by atoms with Gasteiger partial charge < -0.3 is 15.1 Å². The van der Waals surface area contributed by atoms with Gasteiger partial charge in [-0.1, -0.05) is 12.8 Å². The fourth-order valence-electron chi connectivity index (χ4n) is 4.29. The summed E-state index contributed by atoms with van der Waals surface area (Å²) in [5.74, 6) is 1.09. The normalized spacial score (nSPS) is 20.6. The topological polar surface area (TPSA) is 82.8 Å². The van der Waals surface area contributed by atoms with Gasteiger partial charge in [-0.2, -0.15) is 5.10 Å². The molecule has 2 aromatic heterocycles. The van der Waals surface area contributed by atoms with Crippen LogP contribution in [0.25, 0.3) is 5.65 Å². The average Bonchev–Trinajstić information content (AvgIpc) is 3.34. The van der Waals surface area contributed by atoms with E-state index in [1.165, 1.54) is 12.8 Å². The highest BCUT2D eigenvalue weighted by atomic mass is 16.2. The highest BCUT2D eigenvalue weighted by Crippen LogP contribution is 2.29. The van der Waals surface area contributed by atoms with Gasteiger partial charge in [-0.15, -0.1) is 0 Å². The third kappa shape index (κ3) is 3.61. The quantitative estimate of drug-likeness (QED) is 0.895. The minimum atomic E-state index is -0.199. The zero-order valence-corrected chi connectivity index (χ0v) is 15.9. The van der Waals surface area contributed by atoms with Crippen molar-refractivity contribution in [3.05, 3.63) is 24.2 Å². The standard InChI is InChI=1S/C19H26N6O2/c1-13-20-18-16(8-5-9-25(18)22-13)21-19(27)23(2)11-14-10-17(26)24(12-14)15-6-3-4-7-15/h5,8-9,14-15H,3-4,6-7,10-12H2,1-2H3,(H,21,27)/t14-/m0/s1. The molecule has 0 spiro atoms. The number of hydrogen-bond acceptors (Lipinski definition) is 4. The first kappa shape index (κ1) is 17.8. The number of amides is 3. The van der Waals surface area contributed by atoms with Gasteiger partial charge in [0.15, 0.2) is 5.65 Å². The maximum atomic E-state index is 12.6. The molecule has 144 valence electrons. The van der Waals surface area contributed by atoms with Gasteiger partial charge in [0.2, 0.25) is 5.91 Å². The molecule has 8 heteroatoms. The van der Waals surface area contributed by atoms with E-state index in [4.69, 9.17) is 0 Å². The van der Waals surface area contributed by atoms with E-state index >= 15 is 0 Å². The highest BCUT2D eigenvalue weighted by molar-refractivity contribution is 5.93. The Labute approximate surface area is 158 Å². The van der Waals surface area contributed by atoms with E-state index in [0.717, 1.165) is 19.4 Å². The highest BCUT2D eigenvalue weighted by Gasteiger charge is 2.36. The van der Waals surface area contributed by atoms with Crippen molar-refractivity contribution in [2.75, 3.05) is 25.5 Å². The monoisotopic (exact) mass is 370 g/mol. The van der Waals surface area contributed by atoms with E-state index < -0.39 is 0 Å². The molecule has 2 aromatic rings. The SMILES string of the molecule is Cc1nc2c(NC(=O)N(C)C[C@@H]3CC(=O)N(C4CCCC4)C3)cccn2n1. The maximum Gasteiger partial charge on any atom is 0.321 e. The fourth-order valence-corrected chi connectivity index (χ4v) is 4.29. The van der Waals surface area contributed by atoms with Gasteiger partial charge >= 0.3 is 6.03 Å². The Balaban J connectivity index is 1.37. The van der Waals surface area contributed by atoms with Crippen LogP contribution in [0.15, 0.2) is 18.3 Å². The molecule has 8 nitrogen and oxygen atoms in total. The maximum absolute atomic E-state index is 12.6. The molecule has 1 saturated carbocycles. The number of anilines is 1. The largest absolute Gasteiger partial charge is 0.339 e. The first-order chi connectivity index (χ1) is 13.0. The predicted octanol–water partition coefficient (Wildman–Crippen LogP) is 2.29. The van der Waals surface area contributed by atoms with Crippen LogP contribution in [0.4, 0.5) is 10.5 Å². The van der Waals surface area contributed by atoms with Crippen molar-refractivity contribution < 1.29 is 9.59 Å². The molecule has 1 aliphatic heterocycles. The number of carbonyl (C=O) groups excluding carboxylic acids is 2. The molecule has 1 atom stereocenters. The van der Waals surface area contributed by atoms with Crippen molar-refractivity contribution in [1.29, 1.82) is 0 Å². The minimum Gasteiger partial charge on any atom is -0.339 e. The van der Waals surface area contributed by atoms with Gasteiger partial charge in [0.25, 0.3) is 0 Å². The van der Waals surface area contributed by atoms with Crippen molar-refractivity contribution in [3.8, 4) is 0 Å². The van der Waals surface area contributed by atoms with Crippen LogP contribution < -0.4 is 5.32 Å². The van der Waals surface area contributed by atoms with Crippen LogP contribution in [0.5, 0.6) is 0 Å². The first-order valence-corrected chi connectivity index (χ1v) is 9.65. The van der Waals surface area contributed by atoms with Crippen LogP contribution in [0, 0.1) is 12.8 Å². The van der Waals surface area contributed by atoms with Crippen molar-refractivity contribution >= 4 is 23.3 Å². The molecule has 0 aromatic carbocycles. The Morgan fingerprint density at radius 1 is 1.37 bits per heavy atom. The second kappa shape index (κ2) is 7.17. The summed E-state index contributed by atoms with van der Waals surface area (Å²) in [6.45, 7) is 3.15. The number of hydrogen-bond donors (Lipinski definition) is 1. The van der Waals surface area contributed by atoms with Crippen molar-refractivity contribution in [3.63, 3.8) is 0 Å². The Morgan fingerprint density at radius 2 is 2.15 bits per heavy atom. The molecular weight excluding hydrogens is 344 g/mol. The Kier molecular flexibility index (Phi) is 4.72. The van der Waals surface area contributed by atoms with Gasteiger partial charge in [-0.3, -0.25) is 4.79 Å². The summed E-state index contributed by atoms with van der Waals surface area (Å²) < 4.78 is 1.65. The number of fused-ring (bicyclic) bond motifs is 1. The lowest BCUT2D eigenvalue weighted by Gasteiger charge is -2.25. The number of aromatic nitrogens is 3. The van der Waals surface area contributed by atoms with E-state index in [1.54, 1.807) is 22.7 Å². The molecule has 2 fully saturated rings. The van der Waals surface area contributed by atoms with E-state index in [9.17, 15) is 9.59 Å². The summed E-state index contributed by atoms with van der Waals surface area (Å²) in [6.07, 6.45) is 7.01. The molecule has 0 bridgehead atoms. The van der Waals surface area contributed by atoms with E-state index in [1.807, 2.05) is 24.0 Å². The van der Waals surface area contributed by atoms with Crippen LogP contribution in [0.3, 0.4) is 0 Å². The van der Waals surface area contributed by atoms with Gasteiger partial charge in [0.1, 0.15) is 5.82 Å². The second-order valence-corrected chi connectivity index (χ2v) is 7.71. The van der Waals surface area contributed by atoms with Crippen molar-refractivity contribution in [1.82, 2.24) is 24.4 Å². The predicted molar refractivity (Wildman–Crippen MR) is 101 cm³/mol. The summed E-state index contributed by atoms with van der Waals surface area (Å²) in [7, 11) is 1.77.